The smallest absolute Gasteiger partial charge is 0.175 e. The molecule has 0 bridgehead atoms. The van der Waals surface area contributed by atoms with E-state index in [1.807, 2.05) is 0 Å². The zero-order valence-electron chi connectivity index (χ0n) is 9.16. The molecule has 0 atom stereocenters. The fourth-order valence-corrected chi connectivity index (χ4v) is 0.954. The summed E-state index contributed by atoms with van der Waals surface area (Å²) in [4.78, 5) is 19.5. The van der Waals surface area contributed by atoms with Crippen LogP contribution in [-0.4, -0.2) is 28.8 Å². The second kappa shape index (κ2) is 6.96. The number of nitrogen functional groups attached to an aromatic ring is 1. The maximum atomic E-state index is 10.4. The Balaban J connectivity index is 0.000000202. The van der Waals surface area contributed by atoms with E-state index in [0.29, 0.717) is 23.4 Å². The SMILES string of the molecule is COOc1ccccc1C=O.Nc1cn[nH]n1. The van der Waals surface area contributed by atoms with Crippen LogP contribution in [0.2, 0.25) is 0 Å². The first kappa shape index (κ1) is 12.7. The molecule has 0 aliphatic rings. The standard InChI is InChI=1S/C8H8O3.C2H4N4/c1-10-11-8-5-3-2-4-7(8)6-9;3-2-1-4-6-5-2/h2-6H,1H3;1H,(H3,3,4,5,6). The lowest BCUT2D eigenvalue weighted by molar-refractivity contribution is -0.178. The van der Waals surface area contributed by atoms with Crippen LogP contribution in [0.5, 0.6) is 5.75 Å². The van der Waals surface area contributed by atoms with Crippen LogP contribution < -0.4 is 10.6 Å². The summed E-state index contributed by atoms with van der Waals surface area (Å²) >= 11 is 0. The van der Waals surface area contributed by atoms with E-state index in [2.05, 4.69) is 20.3 Å². The molecule has 3 N–H and O–H groups in total. The molecule has 0 aliphatic heterocycles. The number of rotatable bonds is 3. The van der Waals surface area contributed by atoms with Crippen molar-refractivity contribution in [2.75, 3.05) is 12.8 Å². The van der Waals surface area contributed by atoms with Gasteiger partial charge in [0.2, 0.25) is 0 Å². The molecule has 0 saturated heterocycles. The van der Waals surface area contributed by atoms with Gasteiger partial charge < -0.3 is 10.6 Å². The maximum absolute atomic E-state index is 10.4. The van der Waals surface area contributed by atoms with Crippen molar-refractivity contribution in [1.82, 2.24) is 15.4 Å². The Kier molecular flexibility index (Phi) is 5.18. The summed E-state index contributed by atoms with van der Waals surface area (Å²) in [6.45, 7) is 0. The number of anilines is 1. The molecule has 90 valence electrons. The monoisotopic (exact) mass is 236 g/mol. The van der Waals surface area contributed by atoms with Crippen molar-refractivity contribution in [2.45, 2.75) is 0 Å². The number of aromatic amines is 1. The van der Waals surface area contributed by atoms with Crippen LogP contribution in [0.3, 0.4) is 0 Å². The molecule has 1 aromatic carbocycles. The molecule has 0 fully saturated rings. The summed E-state index contributed by atoms with van der Waals surface area (Å²) in [5.74, 6) is 0.861. The Morgan fingerprint density at radius 3 is 2.65 bits per heavy atom. The van der Waals surface area contributed by atoms with E-state index in [4.69, 9.17) is 10.6 Å². The van der Waals surface area contributed by atoms with Gasteiger partial charge in [0, 0.05) is 0 Å². The van der Waals surface area contributed by atoms with Crippen LogP contribution in [-0.2, 0) is 4.89 Å². The van der Waals surface area contributed by atoms with E-state index < -0.39 is 0 Å². The van der Waals surface area contributed by atoms with Gasteiger partial charge in [-0.2, -0.15) is 15.2 Å². The molecule has 0 radical (unpaired) electrons. The van der Waals surface area contributed by atoms with Crippen molar-refractivity contribution >= 4 is 12.1 Å². The zero-order chi connectivity index (χ0) is 12.5. The largest absolute Gasteiger partial charge is 0.381 e. The number of nitrogens with two attached hydrogens (primary N) is 1. The van der Waals surface area contributed by atoms with Gasteiger partial charge in [-0.1, -0.05) is 12.1 Å². The van der Waals surface area contributed by atoms with Gasteiger partial charge >= 0.3 is 0 Å². The second-order valence-corrected chi connectivity index (χ2v) is 2.80. The summed E-state index contributed by atoms with van der Waals surface area (Å²) in [6, 6.07) is 6.84. The third kappa shape index (κ3) is 4.31. The number of nitrogens with zero attached hydrogens (tertiary/aromatic N) is 2. The van der Waals surface area contributed by atoms with Crippen molar-refractivity contribution < 1.29 is 14.6 Å². The number of aromatic nitrogens is 3. The highest BCUT2D eigenvalue weighted by Gasteiger charge is 1.99. The van der Waals surface area contributed by atoms with Gasteiger partial charge in [-0.3, -0.25) is 4.79 Å². The number of hydrogen-bond donors (Lipinski definition) is 2. The van der Waals surface area contributed by atoms with Crippen molar-refractivity contribution in [3.05, 3.63) is 36.0 Å². The van der Waals surface area contributed by atoms with Crippen LogP contribution in [0.25, 0.3) is 0 Å². The van der Waals surface area contributed by atoms with Gasteiger partial charge in [-0.15, -0.1) is 5.10 Å². The van der Waals surface area contributed by atoms with Crippen LogP contribution in [0.15, 0.2) is 30.5 Å². The molecular formula is C10H12N4O3. The third-order valence-corrected chi connectivity index (χ3v) is 1.65. The lowest BCUT2D eigenvalue weighted by atomic mass is 10.2. The number of para-hydroxylation sites is 1. The molecule has 0 saturated carbocycles. The van der Waals surface area contributed by atoms with E-state index in [0.717, 1.165) is 0 Å². The third-order valence-electron chi connectivity index (χ3n) is 1.65. The van der Waals surface area contributed by atoms with Gasteiger partial charge in [0.05, 0.1) is 18.9 Å². The molecule has 17 heavy (non-hydrogen) atoms. The number of hydrogen-bond acceptors (Lipinski definition) is 6. The van der Waals surface area contributed by atoms with E-state index >= 15 is 0 Å². The Labute approximate surface area is 97.5 Å². The highest BCUT2D eigenvalue weighted by atomic mass is 17.2. The van der Waals surface area contributed by atoms with E-state index in [1.54, 1.807) is 24.3 Å². The van der Waals surface area contributed by atoms with E-state index in [1.165, 1.54) is 13.3 Å². The molecule has 1 aromatic heterocycles. The molecule has 0 spiro atoms. The fraction of sp³-hybridized carbons (Fsp3) is 0.100. The first-order valence-electron chi connectivity index (χ1n) is 4.64. The number of carbonyl (C=O) groups excluding carboxylic acids is 1. The van der Waals surface area contributed by atoms with E-state index in [9.17, 15) is 4.79 Å². The van der Waals surface area contributed by atoms with Crippen LogP contribution in [0.1, 0.15) is 10.4 Å². The Morgan fingerprint density at radius 2 is 2.18 bits per heavy atom. The Bertz CT molecular complexity index is 445. The lowest BCUT2D eigenvalue weighted by Crippen LogP contribution is -1.94. The van der Waals surface area contributed by atoms with Gasteiger partial charge in [0.25, 0.3) is 0 Å². The predicted octanol–water partition coefficient (Wildman–Crippen LogP) is 0.826. The molecule has 1 heterocycles. The summed E-state index contributed by atoms with van der Waals surface area (Å²) in [7, 11) is 1.39. The topological polar surface area (TPSA) is 103 Å². The normalized spacial score (nSPS) is 9.00. The highest BCUT2D eigenvalue weighted by molar-refractivity contribution is 5.78. The number of H-pyrrole nitrogens is 1. The number of benzene rings is 1. The fourth-order valence-electron chi connectivity index (χ4n) is 0.954. The minimum absolute atomic E-state index is 0.426. The van der Waals surface area contributed by atoms with Gasteiger partial charge in [-0.25, -0.2) is 0 Å². The highest BCUT2D eigenvalue weighted by Crippen LogP contribution is 2.14. The quantitative estimate of drug-likeness (QED) is 0.464. The van der Waals surface area contributed by atoms with E-state index in [-0.39, 0.29) is 0 Å². The summed E-state index contributed by atoms with van der Waals surface area (Å²) in [5, 5.41) is 9.22. The Hall–Kier alpha value is -2.41. The summed E-state index contributed by atoms with van der Waals surface area (Å²) in [6.07, 6.45) is 2.16. The molecule has 2 aromatic rings. The van der Waals surface area contributed by atoms with Crippen molar-refractivity contribution in [1.29, 1.82) is 0 Å². The average molecular weight is 236 g/mol. The number of carbonyl (C=O) groups is 1. The predicted molar refractivity (Wildman–Crippen MR) is 60.3 cm³/mol. The van der Waals surface area contributed by atoms with Gasteiger partial charge in [0.15, 0.2) is 17.9 Å². The van der Waals surface area contributed by atoms with Crippen molar-refractivity contribution in [3.63, 3.8) is 0 Å². The first-order valence-corrected chi connectivity index (χ1v) is 4.64. The molecule has 2 rings (SSSR count). The molecule has 7 nitrogen and oxygen atoms in total. The summed E-state index contributed by atoms with van der Waals surface area (Å²) in [5.41, 5.74) is 5.55. The molecule has 0 aliphatic carbocycles. The molecule has 0 amide bonds. The van der Waals surface area contributed by atoms with Crippen LogP contribution >= 0.6 is 0 Å². The first-order chi connectivity index (χ1) is 8.27. The van der Waals surface area contributed by atoms with Gasteiger partial charge in [0.1, 0.15) is 0 Å². The molecule has 0 unspecified atom stereocenters. The van der Waals surface area contributed by atoms with Crippen LogP contribution in [0.4, 0.5) is 5.82 Å². The van der Waals surface area contributed by atoms with Crippen LogP contribution in [0, 0.1) is 0 Å². The minimum Gasteiger partial charge on any atom is -0.381 e. The summed E-state index contributed by atoms with van der Waals surface area (Å²) < 4.78 is 0. The molecule has 7 heteroatoms. The second-order valence-electron chi connectivity index (χ2n) is 2.80. The Morgan fingerprint density at radius 1 is 1.41 bits per heavy atom. The van der Waals surface area contributed by atoms with Crippen molar-refractivity contribution in [3.8, 4) is 5.75 Å². The lowest BCUT2D eigenvalue weighted by Gasteiger charge is -2.01. The molecular weight excluding hydrogens is 224 g/mol. The maximum Gasteiger partial charge on any atom is 0.175 e. The number of nitrogens with one attached hydrogen (secondary N) is 1. The zero-order valence-corrected chi connectivity index (χ0v) is 9.16. The minimum atomic E-state index is 0.426. The van der Waals surface area contributed by atoms with Crippen molar-refractivity contribution in [2.24, 2.45) is 0 Å². The average Bonchev–Trinajstić information content (AvgIpc) is 2.82. The van der Waals surface area contributed by atoms with Gasteiger partial charge in [-0.05, 0) is 12.1 Å². The number of aldehydes is 1.